The Morgan fingerprint density at radius 2 is 1.32 bits per heavy atom. The Kier molecular flexibility index (Phi) is 26.1. The second-order valence-corrected chi connectivity index (χ2v) is 4.89. The summed E-state index contributed by atoms with van der Waals surface area (Å²) in [4.78, 5) is 19.5. The fourth-order valence-electron chi connectivity index (χ4n) is 1.45. The van der Waals surface area contributed by atoms with Crippen molar-refractivity contribution in [3.63, 3.8) is 0 Å². The summed E-state index contributed by atoms with van der Waals surface area (Å²) in [6.07, 6.45) is 10.4. The van der Waals surface area contributed by atoms with Gasteiger partial charge in [0, 0.05) is 23.6 Å². The van der Waals surface area contributed by atoms with Gasteiger partial charge in [-0.25, -0.2) is 0 Å². The van der Waals surface area contributed by atoms with E-state index in [1.54, 1.807) is 0 Å². The van der Waals surface area contributed by atoms with Crippen molar-refractivity contribution in [2.24, 2.45) is 5.73 Å². The molecule has 0 unspecified atom stereocenters. The Morgan fingerprint density at radius 1 is 0.947 bits per heavy atom. The van der Waals surface area contributed by atoms with Crippen molar-refractivity contribution in [3.05, 3.63) is 0 Å². The normalized spacial score (nSPS) is 8.79. The minimum atomic E-state index is -0.639. The molecule has 2 amide bonds. The molecule has 0 radical (unpaired) electrons. The van der Waals surface area contributed by atoms with Gasteiger partial charge in [0.1, 0.15) is 0 Å². The number of rotatable bonds is 9. The van der Waals surface area contributed by atoms with E-state index >= 15 is 0 Å². The largest absolute Gasteiger partial charge is 0.361 e. The van der Waals surface area contributed by atoms with Gasteiger partial charge in [-0.1, -0.05) is 77.1 Å². The van der Waals surface area contributed by atoms with Gasteiger partial charge in [-0.3, -0.25) is 9.59 Å². The summed E-state index contributed by atoms with van der Waals surface area (Å²) in [6.45, 7) is 3.01. The van der Waals surface area contributed by atoms with Crippen molar-refractivity contribution < 1.29 is 26.7 Å². The quantitative estimate of drug-likeness (QED) is 0.290. The van der Waals surface area contributed by atoms with Crippen molar-refractivity contribution in [3.8, 4) is 0 Å². The zero-order valence-electron chi connectivity index (χ0n) is 11.5. The van der Waals surface area contributed by atoms with Crippen LogP contribution in [0.1, 0.15) is 58.3 Å². The van der Waals surface area contributed by atoms with E-state index in [1.165, 1.54) is 44.9 Å². The smallest absolute Gasteiger partial charge is 0.275 e. The van der Waals surface area contributed by atoms with Gasteiger partial charge in [0.25, 0.3) is 10.5 Å². The maximum absolute atomic E-state index is 10.4. The van der Waals surface area contributed by atoms with Crippen LogP contribution in [0.4, 0.5) is 9.59 Å². The standard InChI is InChI=1S/C11H23NOS.CH3NOS.Fe/c1-2-3-4-5-6-7-8-9-10-12-11(13)14;2-1(3)4;/h2-10H2,1H3,(H2,12,13,14);(H3,2,3,4);. The van der Waals surface area contributed by atoms with Gasteiger partial charge >= 0.3 is 0 Å². The molecule has 0 aliphatic rings. The van der Waals surface area contributed by atoms with Gasteiger partial charge in [0.2, 0.25) is 0 Å². The summed E-state index contributed by atoms with van der Waals surface area (Å²) >= 11 is 6.73. The Bertz CT molecular complexity index is 216. The number of hydrogen-bond acceptors (Lipinski definition) is 2. The minimum absolute atomic E-state index is 0. The molecule has 3 N–H and O–H groups in total. The number of carbonyl (C=O) groups excluding carboxylic acids is 2. The number of unbranched alkanes of at least 4 members (excludes halogenated alkanes) is 7. The van der Waals surface area contributed by atoms with E-state index in [1.807, 2.05) is 0 Å². The van der Waals surface area contributed by atoms with Crippen LogP contribution in [0.25, 0.3) is 0 Å². The molecular formula is C12H26FeN2O2S2. The molecule has 0 atom stereocenters. The molecule has 7 heteroatoms. The first-order chi connectivity index (χ1) is 8.50. The average molecular weight is 350 g/mol. The summed E-state index contributed by atoms with van der Waals surface area (Å²) in [5.41, 5.74) is 4.34. The van der Waals surface area contributed by atoms with E-state index in [4.69, 9.17) is 4.79 Å². The van der Waals surface area contributed by atoms with E-state index in [-0.39, 0.29) is 22.3 Å². The van der Waals surface area contributed by atoms with Gasteiger partial charge in [-0.2, -0.15) is 0 Å². The Balaban J connectivity index is -0.000000448. The molecule has 0 saturated carbocycles. The number of hydrogen-bond donors (Lipinski definition) is 4. The number of primary amides is 1. The number of carbonyl (C=O) groups is 2. The Hall–Kier alpha value is 0.159. The monoisotopic (exact) mass is 350 g/mol. The predicted octanol–water partition coefficient (Wildman–Crippen LogP) is 3.76. The Morgan fingerprint density at radius 3 is 1.68 bits per heavy atom. The SMILES string of the molecule is CCCCCCCCCCNC(=O)S.NC(=O)S.[Fe]. The molecule has 0 aromatic heterocycles. The van der Waals surface area contributed by atoms with Crippen LogP contribution in [-0.4, -0.2) is 17.0 Å². The third-order valence-electron chi connectivity index (χ3n) is 2.31. The van der Waals surface area contributed by atoms with Crippen molar-refractivity contribution in [1.29, 1.82) is 0 Å². The Labute approximate surface area is 138 Å². The second kappa shape index (κ2) is 20.5. The van der Waals surface area contributed by atoms with E-state index in [2.05, 4.69) is 43.2 Å². The van der Waals surface area contributed by atoms with E-state index in [9.17, 15) is 4.79 Å². The molecule has 0 saturated heterocycles. The van der Waals surface area contributed by atoms with Gasteiger partial charge in [0.15, 0.2) is 0 Å². The molecule has 0 aliphatic carbocycles. The summed E-state index contributed by atoms with van der Waals surface area (Å²) in [5, 5.41) is 1.83. The van der Waals surface area contributed by atoms with E-state index < -0.39 is 5.24 Å². The molecule has 19 heavy (non-hydrogen) atoms. The van der Waals surface area contributed by atoms with Crippen molar-refractivity contribution in [1.82, 2.24) is 5.32 Å². The van der Waals surface area contributed by atoms with E-state index in [0.717, 1.165) is 13.0 Å². The van der Waals surface area contributed by atoms with Crippen LogP contribution >= 0.6 is 25.3 Å². The third-order valence-corrected chi connectivity index (χ3v) is 2.46. The van der Waals surface area contributed by atoms with Gasteiger partial charge in [-0.15, -0.1) is 0 Å². The van der Waals surface area contributed by atoms with E-state index in [0.29, 0.717) is 0 Å². The van der Waals surface area contributed by atoms with Crippen LogP contribution in [0.3, 0.4) is 0 Å². The molecule has 0 aliphatic heterocycles. The van der Waals surface area contributed by atoms with Crippen LogP contribution in [0.5, 0.6) is 0 Å². The molecule has 0 heterocycles. The summed E-state index contributed by atoms with van der Waals surface area (Å²) in [7, 11) is 0. The first-order valence-corrected chi connectivity index (χ1v) is 7.35. The van der Waals surface area contributed by atoms with Crippen LogP contribution in [0.2, 0.25) is 0 Å². The van der Waals surface area contributed by atoms with Gasteiger partial charge in [-0.05, 0) is 6.42 Å². The molecule has 0 spiro atoms. The molecule has 0 aromatic carbocycles. The number of nitrogens with one attached hydrogen (secondary N) is 1. The first kappa shape index (κ1) is 24.2. The molecule has 0 rings (SSSR count). The maximum Gasteiger partial charge on any atom is 0.275 e. The summed E-state index contributed by atoms with van der Waals surface area (Å²) in [5.74, 6) is 0. The second-order valence-electron chi connectivity index (χ2n) is 4.05. The zero-order chi connectivity index (χ0) is 14.2. The summed E-state index contributed by atoms with van der Waals surface area (Å²) < 4.78 is 0. The minimum Gasteiger partial charge on any atom is -0.361 e. The molecule has 0 aromatic rings. The first-order valence-electron chi connectivity index (χ1n) is 6.45. The van der Waals surface area contributed by atoms with Crippen LogP contribution in [0.15, 0.2) is 0 Å². The fraction of sp³-hybridized carbons (Fsp3) is 0.833. The molecule has 4 nitrogen and oxygen atoms in total. The summed E-state index contributed by atoms with van der Waals surface area (Å²) in [6, 6.07) is 0. The van der Waals surface area contributed by atoms with Gasteiger partial charge in [0.05, 0.1) is 0 Å². The number of thiol groups is 2. The molecule has 0 bridgehead atoms. The molecule has 116 valence electrons. The van der Waals surface area contributed by atoms with Crippen LogP contribution in [-0.2, 0) is 17.1 Å². The molecule has 0 fully saturated rings. The average Bonchev–Trinajstić information content (AvgIpc) is 2.26. The van der Waals surface area contributed by atoms with Crippen LogP contribution in [0, 0.1) is 0 Å². The maximum atomic E-state index is 10.4. The van der Waals surface area contributed by atoms with Crippen LogP contribution < -0.4 is 11.1 Å². The number of amides is 2. The van der Waals surface area contributed by atoms with Crippen molar-refractivity contribution in [2.45, 2.75) is 58.3 Å². The van der Waals surface area contributed by atoms with Crippen molar-refractivity contribution in [2.75, 3.05) is 6.54 Å². The fourth-order valence-corrected chi connectivity index (χ4v) is 1.57. The zero-order valence-corrected chi connectivity index (χ0v) is 14.4. The molecular weight excluding hydrogens is 324 g/mol. The van der Waals surface area contributed by atoms with Crippen molar-refractivity contribution >= 4 is 35.7 Å². The predicted molar refractivity (Wildman–Crippen MR) is 83.6 cm³/mol. The van der Waals surface area contributed by atoms with Gasteiger partial charge < -0.3 is 11.1 Å². The topological polar surface area (TPSA) is 72.2 Å². The number of nitrogens with two attached hydrogens (primary N) is 1. The third kappa shape index (κ3) is 38.1.